The summed E-state index contributed by atoms with van der Waals surface area (Å²) in [7, 11) is 1.53. The highest BCUT2D eigenvalue weighted by atomic mass is 32.2. The van der Waals surface area contributed by atoms with Crippen molar-refractivity contribution in [1.82, 2.24) is 10.2 Å². The van der Waals surface area contributed by atoms with Gasteiger partial charge in [0.25, 0.3) is 0 Å². The van der Waals surface area contributed by atoms with Crippen molar-refractivity contribution in [3.05, 3.63) is 0 Å². The van der Waals surface area contributed by atoms with E-state index in [0.29, 0.717) is 11.9 Å². The van der Waals surface area contributed by atoms with Gasteiger partial charge < -0.3 is 20.1 Å². The molecule has 0 atom stereocenters. The fraction of sp³-hybridized carbons (Fsp3) is 0.846. The topological polar surface area (TPSA) is 78.9 Å². The molecule has 116 valence electrons. The molecule has 0 aromatic carbocycles. The van der Waals surface area contributed by atoms with E-state index in [-0.39, 0.29) is 25.2 Å². The van der Waals surface area contributed by atoms with E-state index in [9.17, 15) is 9.59 Å². The maximum Gasteiger partial charge on any atom is 0.323 e. The number of methoxy groups -OCH3 is 1. The molecule has 2 amide bonds. The van der Waals surface area contributed by atoms with Crippen molar-refractivity contribution in [3.63, 3.8) is 0 Å². The third-order valence-electron chi connectivity index (χ3n) is 3.51. The van der Waals surface area contributed by atoms with E-state index in [2.05, 4.69) is 11.6 Å². The van der Waals surface area contributed by atoms with Crippen molar-refractivity contribution in [2.45, 2.75) is 37.0 Å². The maximum absolute atomic E-state index is 12.1. The fourth-order valence-electron chi connectivity index (χ4n) is 2.33. The highest BCUT2D eigenvalue weighted by Gasteiger charge is 2.24. The van der Waals surface area contributed by atoms with Gasteiger partial charge >= 0.3 is 12.0 Å². The molecule has 1 aliphatic rings. The highest BCUT2D eigenvalue weighted by molar-refractivity contribution is 7.99. The van der Waals surface area contributed by atoms with Crippen LogP contribution in [0.5, 0.6) is 0 Å². The van der Waals surface area contributed by atoms with Gasteiger partial charge in [0.15, 0.2) is 0 Å². The lowest BCUT2D eigenvalue weighted by atomic mass is 9.95. The number of aliphatic carboxylic acids is 1. The second kappa shape index (κ2) is 9.07. The number of nitrogens with zero attached hydrogens (tertiary/aromatic N) is 1. The third-order valence-corrected chi connectivity index (χ3v) is 4.65. The Kier molecular flexibility index (Phi) is 7.76. The zero-order chi connectivity index (χ0) is 15.0. The highest BCUT2D eigenvalue weighted by Crippen LogP contribution is 2.26. The van der Waals surface area contributed by atoms with Gasteiger partial charge in [0.1, 0.15) is 6.54 Å². The molecule has 2 N–H and O–H groups in total. The lowest BCUT2D eigenvalue weighted by molar-refractivity contribution is -0.137. The Morgan fingerprint density at radius 3 is 2.50 bits per heavy atom. The molecule has 0 aromatic heterocycles. The van der Waals surface area contributed by atoms with Crippen molar-refractivity contribution >= 4 is 23.8 Å². The van der Waals surface area contributed by atoms with Gasteiger partial charge in [-0.05, 0) is 31.9 Å². The summed E-state index contributed by atoms with van der Waals surface area (Å²) in [6, 6.07) is -0.151. The lowest BCUT2D eigenvalue weighted by Crippen LogP contribution is -2.48. The van der Waals surface area contributed by atoms with Crippen molar-refractivity contribution in [3.8, 4) is 0 Å². The molecule has 1 fully saturated rings. The minimum Gasteiger partial charge on any atom is -0.480 e. The monoisotopic (exact) mass is 304 g/mol. The number of carbonyl (C=O) groups excluding carboxylic acids is 1. The van der Waals surface area contributed by atoms with Crippen LogP contribution in [-0.2, 0) is 9.53 Å². The summed E-state index contributed by atoms with van der Waals surface area (Å²) in [5.41, 5.74) is 0. The molecule has 0 aromatic rings. The van der Waals surface area contributed by atoms with E-state index < -0.39 is 5.97 Å². The molecular formula is C13H24N2O4S. The van der Waals surface area contributed by atoms with Gasteiger partial charge in [-0.1, -0.05) is 0 Å². The molecule has 7 heteroatoms. The maximum atomic E-state index is 12.1. The van der Waals surface area contributed by atoms with Crippen molar-refractivity contribution in [2.24, 2.45) is 0 Å². The molecule has 0 bridgehead atoms. The Morgan fingerprint density at radius 2 is 2.00 bits per heavy atom. The number of hydrogen-bond acceptors (Lipinski definition) is 4. The van der Waals surface area contributed by atoms with E-state index >= 15 is 0 Å². The second-order valence-corrected chi connectivity index (χ2v) is 6.10. The SMILES string of the molecule is COCCN(CC(=O)O)C(=O)NC1CCC(SC)CC1. The van der Waals surface area contributed by atoms with Gasteiger partial charge in [-0.15, -0.1) is 0 Å². The first-order valence-electron chi connectivity index (χ1n) is 6.85. The van der Waals surface area contributed by atoms with Gasteiger partial charge in [-0.25, -0.2) is 4.79 Å². The molecule has 0 aliphatic heterocycles. The van der Waals surface area contributed by atoms with Crippen LogP contribution in [0.4, 0.5) is 4.79 Å². The number of carboxylic acids is 1. The molecule has 6 nitrogen and oxygen atoms in total. The molecule has 1 rings (SSSR count). The molecule has 1 aliphatic carbocycles. The Hall–Kier alpha value is -0.950. The van der Waals surface area contributed by atoms with Gasteiger partial charge in [0.05, 0.1) is 6.61 Å². The average molecular weight is 304 g/mol. The minimum absolute atomic E-state index is 0.157. The van der Waals surface area contributed by atoms with Crippen LogP contribution in [0.15, 0.2) is 0 Å². The van der Waals surface area contributed by atoms with Crippen molar-refractivity contribution in [1.29, 1.82) is 0 Å². The molecule has 1 saturated carbocycles. The summed E-state index contributed by atoms with van der Waals surface area (Å²) in [6.45, 7) is 0.323. The summed E-state index contributed by atoms with van der Waals surface area (Å²) < 4.78 is 4.91. The van der Waals surface area contributed by atoms with Crippen LogP contribution in [0.3, 0.4) is 0 Å². The smallest absolute Gasteiger partial charge is 0.323 e. The standard InChI is InChI=1S/C13H24N2O4S/c1-19-8-7-15(9-12(16)17)13(18)14-10-3-5-11(20-2)6-4-10/h10-11H,3-9H2,1-2H3,(H,14,18)(H,16,17). The zero-order valence-corrected chi connectivity index (χ0v) is 12.9. The second-order valence-electron chi connectivity index (χ2n) is 4.97. The van der Waals surface area contributed by atoms with Crippen LogP contribution in [0.25, 0.3) is 0 Å². The normalized spacial score (nSPS) is 22.3. The number of urea groups is 1. The number of nitrogens with one attached hydrogen (secondary N) is 1. The minimum atomic E-state index is -1.01. The summed E-state index contributed by atoms with van der Waals surface area (Å²) in [6.07, 6.45) is 6.24. The third kappa shape index (κ3) is 6.00. The molecule has 0 radical (unpaired) electrons. The molecular weight excluding hydrogens is 280 g/mol. The van der Waals surface area contributed by atoms with Gasteiger partial charge in [-0.2, -0.15) is 11.8 Å². The van der Waals surface area contributed by atoms with Crippen LogP contribution in [-0.4, -0.2) is 66.4 Å². The van der Waals surface area contributed by atoms with E-state index in [1.165, 1.54) is 12.0 Å². The molecule has 0 spiro atoms. The summed E-state index contributed by atoms with van der Waals surface area (Å²) in [5.74, 6) is -1.01. The predicted octanol–water partition coefficient (Wildman–Crippen LogP) is 1.40. The van der Waals surface area contributed by atoms with Crippen molar-refractivity contribution < 1.29 is 19.4 Å². The zero-order valence-electron chi connectivity index (χ0n) is 12.1. The fourth-order valence-corrected chi connectivity index (χ4v) is 3.07. The summed E-state index contributed by atoms with van der Waals surface area (Å²) in [5, 5.41) is 12.5. The predicted molar refractivity (Wildman–Crippen MR) is 79.2 cm³/mol. The average Bonchev–Trinajstić information content (AvgIpc) is 2.43. The first-order valence-corrected chi connectivity index (χ1v) is 8.14. The van der Waals surface area contributed by atoms with Crippen LogP contribution in [0.2, 0.25) is 0 Å². The van der Waals surface area contributed by atoms with Crippen molar-refractivity contribution in [2.75, 3.05) is 33.1 Å². The first kappa shape index (κ1) is 17.1. The van der Waals surface area contributed by atoms with Crippen LogP contribution in [0, 0.1) is 0 Å². The van der Waals surface area contributed by atoms with Crippen LogP contribution >= 0.6 is 11.8 Å². The number of ether oxygens (including phenoxy) is 1. The van der Waals surface area contributed by atoms with E-state index in [0.717, 1.165) is 25.7 Å². The largest absolute Gasteiger partial charge is 0.480 e. The molecule has 0 heterocycles. The number of carbonyl (C=O) groups is 2. The Labute approximate surface area is 124 Å². The first-order chi connectivity index (χ1) is 9.56. The molecule has 0 unspecified atom stereocenters. The summed E-state index contributed by atoms with van der Waals surface area (Å²) >= 11 is 1.88. The number of carboxylic acid groups (broad SMARTS) is 1. The lowest BCUT2D eigenvalue weighted by Gasteiger charge is -2.30. The molecule has 0 saturated heterocycles. The summed E-state index contributed by atoms with van der Waals surface area (Å²) in [4.78, 5) is 24.2. The number of amides is 2. The number of hydrogen-bond donors (Lipinski definition) is 2. The van der Waals surface area contributed by atoms with Gasteiger partial charge in [-0.3, -0.25) is 4.79 Å². The van der Waals surface area contributed by atoms with Crippen LogP contribution < -0.4 is 5.32 Å². The quantitative estimate of drug-likeness (QED) is 0.743. The Balaban J connectivity index is 2.42. The van der Waals surface area contributed by atoms with E-state index in [4.69, 9.17) is 9.84 Å². The Bertz CT molecular complexity index is 319. The molecule has 20 heavy (non-hydrogen) atoms. The Morgan fingerprint density at radius 1 is 1.35 bits per heavy atom. The van der Waals surface area contributed by atoms with Gasteiger partial charge in [0, 0.05) is 24.9 Å². The van der Waals surface area contributed by atoms with E-state index in [1.807, 2.05) is 11.8 Å². The van der Waals surface area contributed by atoms with Gasteiger partial charge in [0.2, 0.25) is 0 Å². The number of thioether (sulfide) groups is 1. The van der Waals surface area contributed by atoms with Crippen LogP contribution in [0.1, 0.15) is 25.7 Å². The number of rotatable bonds is 7. The van der Waals surface area contributed by atoms with E-state index in [1.54, 1.807) is 0 Å².